The van der Waals surface area contributed by atoms with Crippen molar-refractivity contribution < 1.29 is 18.8 Å². The number of esters is 1. The Morgan fingerprint density at radius 3 is 2.86 bits per heavy atom. The first-order valence-corrected chi connectivity index (χ1v) is 7.69. The number of hydrogen-bond acceptors (Lipinski definition) is 4. The first-order valence-electron chi connectivity index (χ1n) is 7.69. The van der Waals surface area contributed by atoms with E-state index >= 15 is 0 Å². The van der Waals surface area contributed by atoms with Crippen LogP contribution in [0.25, 0.3) is 0 Å². The van der Waals surface area contributed by atoms with Crippen LogP contribution in [0, 0.1) is 0 Å². The summed E-state index contributed by atoms with van der Waals surface area (Å²) in [6, 6.07) is 0. The number of ether oxygens (including phenoxy) is 1. The summed E-state index contributed by atoms with van der Waals surface area (Å²) in [6.07, 6.45) is 8.82. The molecule has 0 aromatic carbocycles. The Morgan fingerprint density at radius 2 is 2.19 bits per heavy atom. The Morgan fingerprint density at radius 1 is 1.43 bits per heavy atom. The summed E-state index contributed by atoms with van der Waals surface area (Å²) in [5, 5.41) is 0. The summed E-state index contributed by atoms with van der Waals surface area (Å²) >= 11 is 0. The standard InChI is InChI=1S/C16H27BO4/c1-5-6-12-19-15(18)10-8-7-9-11-17-20-14(2)13-16(3,4)21-17/h5-6,9,11,14H,7-8,10,12-13H2,1-4H3/b6-5+,11-9+. The molecule has 4 nitrogen and oxygen atoms in total. The van der Waals surface area contributed by atoms with Crippen molar-refractivity contribution >= 4 is 13.1 Å². The zero-order valence-electron chi connectivity index (χ0n) is 13.6. The van der Waals surface area contributed by atoms with Crippen molar-refractivity contribution in [3.05, 3.63) is 24.2 Å². The molecule has 1 aliphatic heterocycles. The molecule has 1 rings (SSSR count). The second-order valence-corrected chi connectivity index (χ2v) is 5.97. The molecule has 1 aliphatic rings. The van der Waals surface area contributed by atoms with Gasteiger partial charge in [-0.25, -0.2) is 0 Å². The van der Waals surface area contributed by atoms with Gasteiger partial charge < -0.3 is 14.0 Å². The Bertz CT molecular complexity index is 376. The van der Waals surface area contributed by atoms with E-state index in [1.165, 1.54) is 0 Å². The van der Waals surface area contributed by atoms with Crippen LogP contribution in [0.3, 0.4) is 0 Å². The molecular weight excluding hydrogens is 267 g/mol. The van der Waals surface area contributed by atoms with Crippen LogP contribution in [-0.2, 0) is 18.8 Å². The van der Waals surface area contributed by atoms with E-state index in [4.69, 9.17) is 14.0 Å². The first-order chi connectivity index (χ1) is 9.93. The molecule has 0 saturated carbocycles. The lowest BCUT2D eigenvalue weighted by atomic mass is 9.82. The Hall–Kier alpha value is -1.07. The molecule has 1 atom stereocenters. The van der Waals surface area contributed by atoms with Gasteiger partial charge in [0, 0.05) is 12.5 Å². The molecule has 0 radical (unpaired) electrons. The van der Waals surface area contributed by atoms with Crippen molar-refractivity contribution in [1.29, 1.82) is 0 Å². The Balaban J connectivity index is 2.18. The van der Waals surface area contributed by atoms with Crippen LogP contribution in [0.5, 0.6) is 0 Å². The molecule has 0 amide bonds. The maximum Gasteiger partial charge on any atom is 0.486 e. The average Bonchev–Trinajstić information content (AvgIpc) is 2.36. The molecule has 0 aromatic rings. The van der Waals surface area contributed by atoms with Gasteiger partial charge in [0.05, 0.1) is 5.60 Å². The highest BCUT2D eigenvalue weighted by Crippen LogP contribution is 2.26. The number of unbranched alkanes of at least 4 members (excludes halogenated alkanes) is 1. The molecule has 0 N–H and O–H groups in total. The highest BCUT2D eigenvalue weighted by Gasteiger charge is 2.35. The third-order valence-electron chi connectivity index (χ3n) is 3.20. The van der Waals surface area contributed by atoms with Crippen LogP contribution in [0.2, 0.25) is 0 Å². The highest BCUT2D eigenvalue weighted by atomic mass is 16.6. The topological polar surface area (TPSA) is 44.8 Å². The second-order valence-electron chi connectivity index (χ2n) is 5.97. The summed E-state index contributed by atoms with van der Waals surface area (Å²) in [5.74, 6) is 1.78. The summed E-state index contributed by atoms with van der Waals surface area (Å²) < 4.78 is 16.6. The predicted molar refractivity (Wildman–Crippen MR) is 84.8 cm³/mol. The number of hydrogen-bond donors (Lipinski definition) is 0. The van der Waals surface area contributed by atoms with Gasteiger partial charge >= 0.3 is 13.1 Å². The van der Waals surface area contributed by atoms with Crippen LogP contribution in [0.1, 0.15) is 53.4 Å². The normalized spacial score (nSPS) is 22.1. The monoisotopic (exact) mass is 294 g/mol. The molecule has 21 heavy (non-hydrogen) atoms. The van der Waals surface area contributed by atoms with Gasteiger partial charge in [-0.2, -0.15) is 0 Å². The van der Waals surface area contributed by atoms with Crippen molar-refractivity contribution in [3.8, 4) is 0 Å². The van der Waals surface area contributed by atoms with Crippen LogP contribution in [0.15, 0.2) is 24.2 Å². The third-order valence-corrected chi connectivity index (χ3v) is 3.20. The minimum Gasteiger partial charge on any atom is -0.461 e. The van der Waals surface area contributed by atoms with E-state index in [0.29, 0.717) is 13.0 Å². The van der Waals surface area contributed by atoms with Crippen molar-refractivity contribution in [2.75, 3.05) is 6.61 Å². The Labute approximate surface area is 128 Å². The SMILES string of the molecule is C/C=C/COC(=O)CCC/C=C/B1OC(C)CC(C)(C)O1. The lowest BCUT2D eigenvalue weighted by molar-refractivity contribution is -0.142. The van der Waals surface area contributed by atoms with Crippen molar-refractivity contribution in [2.45, 2.75) is 65.1 Å². The quantitative estimate of drug-likeness (QED) is 0.312. The zero-order chi connectivity index (χ0) is 15.7. The van der Waals surface area contributed by atoms with Gasteiger partial charge in [-0.15, -0.1) is 0 Å². The van der Waals surface area contributed by atoms with E-state index in [2.05, 4.69) is 20.8 Å². The minimum absolute atomic E-state index is 0.150. The second kappa shape index (κ2) is 9.06. The van der Waals surface area contributed by atoms with Gasteiger partial charge in [0.1, 0.15) is 6.61 Å². The molecule has 0 aromatic heterocycles. The van der Waals surface area contributed by atoms with Crippen LogP contribution in [0.4, 0.5) is 0 Å². The van der Waals surface area contributed by atoms with E-state index in [1.54, 1.807) is 0 Å². The molecular formula is C16H27BO4. The van der Waals surface area contributed by atoms with Crippen molar-refractivity contribution in [1.82, 2.24) is 0 Å². The molecule has 0 aliphatic carbocycles. The fourth-order valence-corrected chi connectivity index (χ4v) is 2.33. The number of carbonyl (C=O) groups is 1. The van der Waals surface area contributed by atoms with Gasteiger partial charge in [0.15, 0.2) is 0 Å². The third kappa shape index (κ3) is 8.07. The fraction of sp³-hybridized carbons (Fsp3) is 0.688. The molecule has 1 unspecified atom stereocenters. The molecule has 1 heterocycles. The molecule has 0 bridgehead atoms. The first kappa shape index (κ1) is 18.0. The average molecular weight is 294 g/mol. The lowest BCUT2D eigenvalue weighted by Gasteiger charge is -2.37. The smallest absolute Gasteiger partial charge is 0.461 e. The zero-order valence-corrected chi connectivity index (χ0v) is 13.6. The lowest BCUT2D eigenvalue weighted by Crippen LogP contribution is -2.45. The van der Waals surface area contributed by atoms with Gasteiger partial charge in [0.25, 0.3) is 0 Å². The van der Waals surface area contributed by atoms with E-state index in [-0.39, 0.29) is 24.8 Å². The molecule has 0 spiro atoms. The van der Waals surface area contributed by atoms with Gasteiger partial charge in [-0.1, -0.05) is 24.2 Å². The van der Waals surface area contributed by atoms with Gasteiger partial charge in [-0.3, -0.25) is 4.79 Å². The number of allylic oxidation sites excluding steroid dienone is 2. The summed E-state index contributed by atoms with van der Waals surface area (Å²) in [7, 11) is -0.287. The predicted octanol–water partition coefficient (Wildman–Crippen LogP) is 3.46. The van der Waals surface area contributed by atoms with Crippen molar-refractivity contribution in [3.63, 3.8) is 0 Å². The van der Waals surface area contributed by atoms with Gasteiger partial charge in [0.2, 0.25) is 0 Å². The maximum absolute atomic E-state index is 11.4. The maximum atomic E-state index is 11.4. The van der Waals surface area contributed by atoms with E-state index in [0.717, 1.165) is 19.3 Å². The van der Waals surface area contributed by atoms with Crippen LogP contribution >= 0.6 is 0 Å². The number of carbonyl (C=O) groups excluding carboxylic acids is 1. The summed E-state index contributed by atoms with van der Waals surface area (Å²) in [4.78, 5) is 11.4. The van der Waals surface area contributed by atoms with Crippen LogP contribution in [-0.4, -0.2) is 31.4 Å². The van der Waals surface area contributed by atoms with Gasteiger partial charge in [-0.05, 0) is 47.0 Å². The highest BCUT2D eigenvalue weighted by molar-refractivity contribution is 6.51. The summed E-state index contributed by atoms with van der Waals surface area (Å²) in [5.41, 5.74) is -0.150. The fourth-order valence-electron chi connectivity index (χ4n) is 2.33. The van der Waals surface area contributed by atoms with E-state index < -0.39 is 0 Å². The largest absolute Gasteiger partial charge is 0.486 e. The molecule has 1 saturated heterocycles. The minimum atomic E-state index is -0.287. The molecule has 118 valence electrons. The summed E-state index contributed by atoms with van der Waals surface area (Å²) in [6.45, 7) is 8.48. The van der Waals surface area contributed by atoms with Crippen LogP contribution < -0.4 is 0 Å². The molecule has 5 heteroatoms. The number of rotatable bonds is 7. The molecule has 1 fully saturated rings. The van der Waals surface area contributed by atoms with E-state index in [9.17, 15) is 4.79 Å². The van der Waals surface area contributed by atoms with E-state index in [1.807, 2.05) is 31.1 Å². The van der Waals surface area contributed by atoms with Crippen molar-refractivity contribution in [2.24, 2.45) is 0 Å². The Kier molecular flexibility index (Phi) is 7.76.